The van der Waals surface area contributed by atoms with E-state index in [9.17, 15) is 19.5 Å². The van der Waals surface area contributed by atoms with Gasteiger partial charge in [-0.2, -0.15) is 0 Å². The van der Waals surface area contributed by atoms with Crippen molar-refractivity contribution in [3.63, 3.8) is 0 Å². The summed E-state index contributed by atoms with van der Waals surface area (Å²) in [6.45, 7) is 8.68. The molecule has 0 aromatic heterocycles. The summed E-state index contributed by atoms with van der Waals surface area (Å²) in [4.78, 5) is 37.6. The minimum atomic E-state index is -1.04. The van der Waals surface area contributed by atoms with Gasteiger partial charge < -0.3 is 14.6 Å². The van der Waals surface area contributed by atoms with Crippen LogP contribution in [0.5, 0.6) is 0 Å². The second-order valence-corrected chi connectivity index (χ2v) is 7.95. The smallest absolute Gasteiger partial charge is 0.333 e. The summed E-state index contributed by atoms with van der Waals surface area (Å²) in [6.07, 6.45) is 2.35. The molecule has 3 rings (SSSR count). The van der Waals surface area contributed by atoms with Gasteiger partial charge in [-0.15, -0.1) is 0 Å². The molecular weight excluding hydrogens is 336 g/mol. The van der Waals surface area contributed by atoms with Gasteiger partial charge >= 0.3 is 11.9 Å². The summed E-state index contributed by atoms with van der Waals surface area (Å²) < 4.78 is 11.3. The lowest BCUT2D eigenvalue weighted by atomic mass is 9.66. The third-order valence-electron chi connectivity index (χ3n) is 6.63. The van der Waals surface area contributed by atoms with E-state index in [1.165, 1.54) is 6.08 Å². The van der Waals surface area contributed by atoms with Crippen LogP contribution >= 0.6 is 0 Å². The Bertz CT molecular complexity index is 707. The summed E-state index contributed by atoms with van der Waals surface area (Å²) in [5, 5.41) is 10.8. The normalized spacial score (nSPS) is 45.0. The Labute approximate surface area is 153 Å². The van der Waals surface area contributed by atoms with Crippen LogP contribution in [0.15, 0.2) is 23.8 Å². The van der Waals surface area contributed by atoms with Gasteiger partial charge in [-0.05, 0) is 38.7 Å². The molecule has 6 nitrogen and oxygen atoms in total. The Morgan fingerprint density at radius 1 is 1.35 bits per heavy atom. The van der Waals surface area contributed by atoms with E-state index in [0.717, 1.165) is 0 Å². The summed E-state index contributed by atoms with van der Waals surface area (Å²) in [6, 6.07) is 0. The highest BCUT2D eigenvalue weighted by Gasteiger charge is 2.65. The molecule has 0 amide bonds. The molecule has 2 aliphatic carbocycles. The zero-order valence-corrected chi connectivity index (χ0v) is 15.8. The predicted molar refractivity (Wildman–Crippen MR) is 92.8 cm³/mol. The van der Waals surface area contributed by atoms with E-state index in [0.29, 0.717) is 5.57 Å². The van der Waals surface area contributed by atoms with Crippen LogP contribution in [0.1, 0.15) is 34.6 Å². The Balaban J connectivity index is 2.12. The highest BCUT2D eigenvalue weighted by Crippen LogP contribution is 2.54. The van der Waals surface area contributed by atoms with Crippen molar-refractivity contribution in [1.82, 2.24) is 0 Å². The van der Waals surface area contributed by atoms with Gasteiger partial charge in [-0.25, -0.2) is 4.79 Å². The van der Waals surface area contributed by atoms with E-state index in [1.807, 2.05) is 6.92 Å². The van der Waals surface area contributed by atoms with Crippen LogP contribution in [0.3, 0.4) is 0 Å². The quantitative estimate of drug-likeness (QED) is 0.595. The van der Waals surface area contributed by atoms with Crippen LogP contribution < -0.4 is 0 Å². The SMILES string of the molecule is C/C=C(\C)C(=O)OC1C2C(C)C(=O)OC2C(O)C(C)C2C=CC(=O)C21C. The van der Waals surface area contributed by atoms with Gasteiger partial charge in [-0.3, -0.25) is 9.59 Å². The van der Waals surface area contributed by atoms with Crippen molar-refractivity contribution in [2.24, 2.45) is 29.1 Å². The molecule has 1 heterocycles. The van der Waals surface area contributed by atoms with Crippen molar-refractivity contribution in [2.75, 3.05) is 0 Å². The van der Waals surface area contributed by atoms with Gasteiger partial charge in [0, 0.05) is 11.5 Å². The molecule has 2 fully saturated rings. The number of aliphatic hydroxyl groups excluding tert-OH is 1. The number of carbonyl (C=O) groups excluding carboxylic acids is 3. The first-order valence-electron chi connectivity index (χ1n) is 9.09. The molecule has 6 heteroatoms. The average molecular weight is 362 g/mol. The number of allylic oxidation sites excluding steroid dienone is 3. The Hall–Kier alpha value is -1.95. The van der Waals surface area contributed by atoms with Crippen molar-refractivity contribution in [2.45, 2.75) is 52.9 Å². The van der Waals surface area contributed by atoms with Crippen LogP contribution in [-0.4, -0.2) is 41.1 Å². The molecule has 0 bridgehead atoms. The molecule has 1 saturated carbocycles. The standard InChI is InChI=1S/C20H26O6/c1-6-9(2)18(23)26-17-14-11(4)19(24)25-16(14)15(22)10(3)12-7-8-13(21)20(12,17)5/h6-8,10-12,14-17,22H,1-5H3/b9-6+. The Morgan fingerprint density at radius 2 is 2.00 bits per heavy atom. The number of hydrogen-bond acceptors (Lipinski definition) is 6. The second kappa shape index (κ2) is 6.34. The molecule has 8 unspecified atom stereocenters. The number of aliphatic hydroxyl groups is 1. The summed E-state index contributed by atoms with van der Waals surface area (Å²) in [5.74, 6) is -2.88. The maximum absolute atomic E-state index is 12.8. The molecule has 3 aliphatic rings. The van der Waals surface area contributed by atoms with E-state index in [-0.39, 0.29) is 17.6 Å². The minimum absolute atomic E-state index is 0.148. The van der Waals surface area contributed by atoms with Gasteiger partial charge in [-0.1, -0.05) is 26.0 Å². The summed E-state index contributed by atoms with van der Waals surface area (Å²) >= 11 is 0. The van der Waals surface area contributed by atoms with Crippen LogP contribution in [-0.2, 0) is 23.9 Å². The van der Waals surface area contributed by atoms with Crippen LogP contribution in [0, 0.1) is 29.1 Å². The highest BCUT2D eigenvalue weighted by atomic mass is 16.6. The fourth-order valence-electron chi connectivity index (χ4n) is 4.72. The molecule has 1 N–H and O–H groups in total. The monoisotopic (exact) mass is 362 g/mol. The number of hydrogen-bond donors (Lipinski definition) is 1. The number of fused-ring (bicyclic) bond motifs is 2. The predicted octanol–water partition coefficient (Wildman–Crippen LogP) is 1.81. The van der Waals surface area contributed by atoms with Crippen molar-refractivity contribution in [1.29, 1.82) is 0 Å². The fourth-order valence-corrected chi connectivity index (χ4v) is 4.72. The molecule has 142 valence electrons. The third kappa shape index (κ3) is 2.46. The summed E-state index contributed by atoms with van der Waals surface area (Å²) in [5.41, 5.74) is -0.609. The van der Waals surface area contributed by atoms with Gasteiger partial charge in [0.05, 0.1) is 17.4 Å². The lowest BCUT2D eigenvalue weighted by molar-refractivity contribution is -0.163. The molecule has 26 heavy (non-hydrogen) atoms. The Kier molecular flexibility index (Phi) is 4.59. The fraction of sp³-hybridized carbons (Fsp3) is 0.650. The maximum atomic E-state index is 12.8. The van der Waals surface area contributed by atoms with E-state index in [4.69, 9.17) is 9.47 Å². The van der Waals surface area contributed by atoms with Gasteiger partial charge in [0.2, 0.25) is 0 Å². The zero-order chi connectivity index (χ0) is 19.4. The van der Waals surface area contributed by atoms with Crippen LogP contribution in [0.25, 0.3) is 0 Å². The minimum Gasteiger partial charge on any atom is -0.459 e. The maximum Gasteiger partial charge on any atom is 0.333 e. The lowest BCUT2D eigenvalue weighted by Crippen LogP contribution is -2.50. The first-order chi connectivity index (χ1) is 12.1. The molecule has 0 aromatic carbocycles. The molecule has 1 saturated heterocycles. The number of carbonyl (C=O) groups is 3. The van der Waals surface area contributed by atoms with Crippen LogP contribution in [0.2, 0.25) is 0 Å². The molecular formula is C20H26O6. The number of ether oxygens (including phenoxy) is 2. The second-order valence-electron chi connectivity index (χ2n) is 7.95. The molecule has 0 aromatic rings. The van der Waals surface area contributed by atoms with Crippen molar-refractivity contribution < 1.29 is 29.0 Å². The first kappa shape index (κ1) is 18.8. The highest BCUT2D eigenvalue weighted by molar-refractivity contribution is 5.99. The van der Waals surface area contributed by atoms with Crippen molar-refractivity contribution in [3.05, 3.63) is 23.8 Å². The van der Waals surface area contributed by atoms with E-state index < -0.39 is 47.5 Å². The van der Waals surface area contributed by atoms with Crippen LogP contribution in [0.4, 0.5) is 0 Å². The van der Waals surface area contributed by atoms with E-state index in [2.05, 4.69) is 0 Å². The van der Waals surface area contributed by atoms with E-state index in [1.54, 1.807) is 39.8 Å². The molecule has 1 aliphatic heterocycles. The Morgan fingerprint density at radius 3 is 2.62 bits per heavy atom. The summed E-state index contributed by atoms with van der Waals surface area (Å²) in [7, 11) is 0. The molecule has 0 radical (unpaired) electrons. The first-order valence-corrected chi connectivity index (χ1v) is 9.09. The van der Waals surface area contributed by atoms with Gasteiger partial charge in [0.1, 0.15) is 12.2 Å². The number of esters is 2. The zero-order valence-electron chi connectivity index (χ0n) is 15.8. The average Bonchev–Trinajstić information content (AvgIpc) is 3.06. The number of ketones is 1. The molecule has 8 atom stereocenters. The third-order valence-corrected chi connectivity index (χ3v) is 6.63. The van der Waals surface area contributed by atoms with E-state index >= 15 is 0 Å². The number of rotatable bonds is 2. The lowest BCUT2D eigenvalue weighted by Gasteiger charge is -2.40. The van der Waals surface area contributed by atoms with Gasteiger partial charge in [0.25, 0.3) is 0 Å². The van der Waals surface area contributed by atoms with Gasteiger partial charge in [0.15, 0.2) is 5.78 Å². The van der Waals surface area contributed by atoms with Crippen molar-refractivity contribution in [3.8, 4) is 0 Å². The van der Waals surface area contributed by atoms with Crippen molar-refractivity contribution >= 4 is 17.7 Å². The molecule has 0 spiro atoms. The largest absolute Gasteiger partial charge is 0.459 e. The topological polar surface area (TPSA) is 89.9 Å².